The van der Waals surface area contributed by atoms with Crippen molar-refractivity contribution in [3.05, 3.63) is 30.6 Å². The van der Waals surface area contributed by atoms with Gasteiger partial charge in [-0.3, -0.25) is 0 Å². The molecule has 2 aromatic heterocycles. The molecule has 4 nitrogen and oxygen atoms in total. The van der Waals surface area contributed by atoms with Gasteiger partial charge in [0.1, 0.15) is 0 Å². The fourth-order valence-electron chi connectivity index (χ4n) is 1.73. The molecule has 17 heavy (non-hydrogen) atoms. The Morgan fingerprint density at radius 3 is 2.76 bits per heavy atom. The lowest BCUT2D eigenvalue weighted by Gasteiger charge is -2.03. The molecule has 0 saturated carbocycles. The number of halogens is 2. The Balaban J connectivity index is 2.31. The first-order valence-corrected chi connectivity index (χ1v) is 4.82. The molecule has 0 atom stereocenters. The number of ether oxygens (including phenoxy) is 1. The van der Waals surface area contributed by atoms with Gasteiger partial charge in [0.15, 0.2) is 16.9 Å². The van der Waals surface area contributed by atoms with Gasteiger partial charge in [0.2, 0.25) is 0 Å². The summed E-state index contributed by atoms with van der Waals surface area (Å²) in [4.78, 5) is 0. The van der Waals surface area contributed by atoms with Crippen LogP contribution in [0, 0.1) is 0 Å². The number of nitrogens with zero attached hydrogens (tertiary/aromatic N) is 2. The van der Waals surface area contributed by atoms with Crippen molar-refractivity contribution in [2.75, 3.05) is 0 Å². The van der Waals surface area contributed by atoms with Crippen LogP contribution < -0.4 is 4.74 Å². The first-order chi connectivity index (χ1) is 8.25. The van der Waals surface area contributed by atoms with E-state index in [1.165, 1.54) is 18.5 Å². The van der Waals surface area contributed by atoms with Crippen LogP contribution in [0.4, 0.5) is 8.78 Å². The zero-order valence-electron chi connectivity index (χ0n) is 8.43. The molecule has 0 aliphatic carbocycles. The lowest BCUT2D eigenvalue weighted by molar-refractivity contribution is -0.0493. The first-order valence-electron chi connectivity index (χ1n) is 4.82. The largest absolute Gasteiger partial charge is 0.450 e. The number of aromatic nitrogens is 2. The summed E-state index contributed by atoms with van der Waals surface area (Å²) in [7, 11) is 0. The van der Waals surface area contributed by atoms with Gasteiger partial charge in [-0.15, -0.1) is 0 Å². The number of hydrogen-bond acceptors (Lipinski definition) is 4. The molecule has 0 N–H and O–H groups in total. The van der Waals surface area contributed by atoms with Crippen molar-refractivity contribution in [3.63, 3.8) is 0 Å². The van der Waals surface area contributed by atoms with Crippen molar-refractivity contribution < 1.29 is 17.9 Å². The van der Waals surface area contributed by atoms with Gasteiger partial charge in [-0.25, -0.2) is 0 Å². The van der Waals surface area contributed by atoms with Crippen LogP contribution in [0.2, 0.25) is 0 Å². The molecule has 0 fully saturated rings. The molecule has 86 valence electrons. The highest BCUT2D eigenvalue weighted by atomic mass is 19.3. The molecule has 0 saturated heterocycles. The molecule has 3 rings (SSSR count). The van der Waals surface area contributed by atoms with Crippen molar-refractivity contribution >= 4 is 21.9 Å². The molecule has 0 bridgehead atoms. The van der Waals surface area contributed by atoms with Gasteiger partial charge in [0.05, 0.1) is 17.8 Å². The monoisotopic (exact) mass is 236 g/mol. The highest BCUT2D eigenvalue weighted by Crippen LogP contribution is 2.34. The maximum Gasteiger partial charge on any atom is 0.387 e. The summed E-state index contributed by atoms with van der Waals surface area (Å²) in [6.07, 6.45) is 2.95. The Morgan fingerprint density at radius 1 is 1.12 bits per heavy atom. The summed E-state index contributed by atoms with van der Waals surface area (Å²) in [5.41, 5.74) is 0.762. The molecular weight excluding hydrogens is 230 g/mol. The van der Waals surface area contributed by atoms with Crippen LogP contribution >= 0.6 is 0 Å². The van der Waals surface area contributed by atoms with E-state index in [1.54, 1.807) is 12.1 Å². The minimum Gasteiger partial charge on any atom is -0.450 e. The van der Waals surface area contributed by atoms with Crippen LogP contribution in [0.1, 0.15) is 0 Å². The third-order valence-corrected chi connectivity index (χ3v) is 2.39. The Morgan fingerprint density at radius 2 is 1.94 bits per heavy atom. The molecule has 0 radical (unpaired) electrons. The van der Waals surface area contributed by atoms with Crippen LogP contribution in [0.5, 0.6) is 5.75 Å². The molecule has 0 spiro atoms. The average Bonchev–Trinajstić information content (AvgIpc) is 2.68. The van der Waals surface area contributed by atoms with Gasteiger partial charge in [-0.05, 0) is 6.07 Å². The molecule has 2 heterocycles. The molecular formula is C11H6F2N2O2. The van der Waals surface area contributed by atoms with Gasteiger partial charge in [-0.1, -0.05) is 12.1 Å². The molecule has 0 aliphatic rings. The third kappa shape index (κ3) is 1.57. The van der Waals surface area contributed by atoms with E-state index in [-0.39, 0.29) is 11.3 Å². The Hall–Kier alpha value is -2.24. The minimum atomic E-state index is -2.88. The number of fused-ring (bicyclic) bond motifs is 3. The lowest BCUT2D eigenvalue weighted by atomic mass is 10.2. The standard InChI is InChI=1S/C11H6F2N2O2/c12-11(13)17-8-3-1-2-6-7-4-14-15-5-9(7)16-10(6)8/h1-5,11H. The van der Waals surface area contributed by atoms with E-state index in [2.05, 4.69) is 14.9 Å². The number of rotatable bonds is 2. The SMILES string of the molecule is FC(F)Oc1cccc2c1oc1cnncc12. The van der Waals surface area contributed by atoms with Gasteiger partial charge < -0.3 is 9.15 Å². The lowest BCUT2D eigenvalue weighted by Crippen LogP contribution is -2.01. The van der Waals surface area contributed by atoms with Crippen molar-refractivity contribution in [2.45, 2.75) is 6.61 Å². The number of benzene rings is 1. The molecule has 1 aromatic carbocycles. The van der Waals surface area contributed by atoms with Gasteiger partial charge in [0.25, 0.3) is 0 Å². The summed E-state index contributed by atoms with van der Waals surface area (Å²) in [5.74, 6) is 0.00806. The molecule has 3 aromatic rings. The first kappa shape index (κ1) is 9.95. The predicted octanol–water partition coefficient (Wildman–Crippen LogP) is 2.98. The molecule has 0 amide bonds. The van der Waals surface area contributed by atoms with Crippen molar-refractivity contribution in [1.82, 2.24) is 10.2 Å². The van der Waals surface area contributed by atoms with E-state index in [0.717, 1.165) is 5.39 Å². The van der Waals surface area contributed by atoms with Crippen molar-refractivity contribution in [2.24, 2.45) is 0 Å². The smallest absolute Gasteiger partial charge is 0.387 e. The van der Waals surface area contributed by atoms with E-state index in [1.807, 2.05) is 0 Å². The zero-order chi connectivity index (χ0) is 11.8. The number of furan rings is 1. The van der Waals surface area contributed by atoms with Crippen molar-refractivity contribution in [3.8, 4) is 5.75 Å². The highest BCUT2D eigenvalue weighted by molar-refractivity contribution is 6.06. The van der Waals surface area contributed by atoms with Crippen LogP contribution in [0.3, 0.4) is 0 Å². The van der Waals surface area contributed by atoms with Crippen molar-refractivity contribution in [1.29, 1.82) is 0 Å². The average molecular weight is 236 g/mol. The third-order valence-electron chi connectivity index (χ3n) is 2.39. The topological polar surface area (TPSA) is 48.2 Å². The molecule has 6 heteroatoms. The van der Waals surface area contributed by atoms with E-state index in [9.17, 15) is 8.78 Å². The second-order valence-corrected chi connectivity index (χ2v) is 3.38. The van der Waals surface area contributed by atoms with Crippen LogP contribution in [0.25, 0.3) is 21.9 Å². The van der Waals surface area contributed by atoms with Crippen LogP contribution in [-0.2, 0) is 0 Å². The second kappa shape index (κ2) is 3.65. The Labute approximate surface area is 93.8 Å². The number of para-hydroxylation sites is 1. The van der Waals surface area contributed by atoms with Gasteiger partial charge in [-0.2, -0.15) is 19.0 Å². The summed E-state index contributed by atoms with van der Waals surface area (Å²) in [5, 5.41) is 8.78. The normalized spacial score (nSPS) is 11.5. The summed E-state index contributed by atoms with van der Waals surface area (Å²) < 4.78 is 34.2. The number of hydrogen-bond donors (Lipinski definition) is 0. The molecule has 0 unspecified atom stereocenters. The van der Waals surface area contributed by atoms with E-state index in [0.29, 0.717) is 11.0 Å². The fraction of sp³-hybridized carbons (Fsp3) is 0.0909. The quantitative estimate of drug-likeness (QED) is 0.686. The minimum absolute atomic E-state index is 0.00806. The van der Waals surface area contributed by atoms with Crippen LogP contribution in [-0.4, -0.2) is 16.8 Å². The van der Waals surface area contributed by atoms with E-state index < -0.39 is 6.61 Å². The van der Waals surface area contributed by atoms with E-state index in [4.69, 9.17) is 4.42 Å². The summed E-state index contributed by atoms with van der Waals surface area (Å²) in [6, 6.07) is 4.80. The van der Waals surface area contributed by atoms with E-state index >= 15 is 0 Å². The summed E-state index contributed by atoms with van der Waals surface area (Å²) in [6.45, 7) is -2.88. The molecule has 0 aliphatic heterocycles. The highest BCUT2D eigenvalue weighted by Gasteiger charge is 2.14. The van der Waals surface area contributed by atoms with Crippen LogP contribution in [0.15, 0.2) is 35.0 Å². The van der Waals surface area contributed by atoms with Gasteiger partial charge >= 0.3 is 6.61 Å². The zero-order valence-corrected chi connectivity index (χ0v) is 8.43. The maximum absolute atomic E-state index is 12.2. The number of alkyl halides is 2. The summed E-state index contributed by atoms with van der Waals surface area (Å²) >= 11 is 0. The second-order valence-electron chi connectivity index (χ2n) is 3.38. The predicted molar refractivity (Wildman–Crippen MR) is 55.9 cm³/mol. The Kier molecular flexibility index (Phi) is 2.14. The van der Waals surface area contributed by atoms with Gasteiger partial charge in [0, 0.05) is 5.39 Å². The maximum atomic E-state index is 12.2. The fourth-order valence-corrected chi connectivity index (χ4v) is 1.73. The Bertz CT molecular complexity index is 681.